The predicted octanol–water partition coefficient (Wildman–Crippen LogP) is 0.320. The van der Waals surface area contributed by atoms with Gasteiger partial charge in [-0.3, -0.25) is 4.79 Å². The SMILES string of the molecule is COC(=O)C12CCC(O)C1C2. The fourth-order valence-corrected chi connectivity index (χ4v) is 2.27. The van der Waals surface area contributed by atoms with E-state index in [2.05, 4.69) is 4.74 Å². The van der Waals surface area contributed by atoms with Gasteiger partial charge in [0.05, 0.1) is 18.6 Å². The molecule has 3 unspecified atom stereocenters. The highest BCUT2D eigenvalue weighted by Crippen LogP contribution is 2.63. The molecule has 2 saturated carbocycles. The molecule has 3 atom stereocenters. The summed E-state index contributed by atoms with van der Waals surface area (Å²) in [6.45, 7) is 0. The van der Waals surface area contributed by atoms with Gasteiger partial charge in [-0.05, 0) is 19.3 Å². The van der Waals surface area contributed by atoms with E-state index in [1.165, 1.54) is 7.11 Å². The van der Waals surface area contributed by atoms with Crippen molar-refractivity contribution in [2.45, 2.75) is 25.4 Å². The highest BCUT2D eigenvalue weighted by atomic mass is 16.5. The lowest BCUT2D eigenvalue weighted by Crippen LogP contribution is -2.17. The molecule has 0 amide bonds. The summed E-state index contributed by atoms with van der Waals surface area (Å²) in [5.74, 6) is 0.0778. The minimum Gasteiger partial charge on any atom is -0.469 e. The highest BCUT2D eigenvalue weighted by Gasteiger charge is 2.67. The van der Waals surface area contributed by atoms with Crippen LogP contribution in [0.25, 0.3) is 0 Å². The molecule has 0 heterocycles. The number of rotatable bonds is 1. The Labute approximate surface area is 65.4 Å². The summed E-state index contributed by atoms with van der Waals surface area (Å²) in [4.78, 5) is 11.2. The Morgan fingerprint density at radius 3 is 2.82 bits per heavy atom. The third kappa shape index (κ3) is 0.745. The van der Waals surface area contributed by atoms with E-state index >= 15 is 0 Å². The Bertz CT molecular complexity index is 202. The van der Waals surface area contributed by atoms with E-state index in [0.717, 1.165) is 19.3 Å². The minimum atomic E-state index is -0.270. The van der Waals surface area contributed by atoms with Crippen LogP contribution in [0.15, 0.2) is 0 Å². The van der Waals surface area contributed by atoms with Gasteiger partial charge in [0, 0.05) is 5.92 Å². The monoisotopic (exact) mass is 156 g/mol. The average Bonchev–Trinajstić information content (AvgIpc) is 2.68. The molecular weight excluding hydrogens is 144 g/mol. The molecule has 0 aromatic carbocycles. The van der Waals surface area contributed by atoms with Gasteiger partial charge < -0.3 is 9.84 Å². The van der Waals surface area contributed by atoms with E-state index in [-0.39, 0.29) is 23.4 Å². The van der Waals surface area contributed by atoms with Crippen LogP contribution in [0, 0.1) is 11.3 Å². The van der Waals surface area contributed by atoms with Crippen molar-refractivity contribution < 1.29 is 14.6 Å². The number of carbonyl (C=O) groups excluding carboxylic acids is 1. The lowest BCUT2D eigenvalue weighted by molar-refractivity contribution is -0.147. The number of methoxy groups -OCH3 is 1. The second-order valence-corrected chi connectivity index (χ2v) is 3.56. The summed E-state index contributed by atoms with van der Waals surface area (Å²) in [5.41, 5.74) is -0.270. The Balaban J connectivity index is 2.11. The first-order valence-corrected chi connectivity index (χ1v) is 3.97. The Kier molecular flexibility index (Phi) is 1.27. The van der Waals surface area contributed by atoms with Gasteiger partial charge in [-0.2, -0.15) is 0 Å². The van der Waals surface area contributed by atoms with E-state index in [0.29, 0.717) is 0 Å². The maximum Gasteiger partial charge on any atom is 0.312 e. The van der Waals surface area contributed by atoms with Crippen molar-refractivity contribution in [2.24, 2.45) is 11.3 Å². The predicted molar refractivity (Wildman–Crippen MR) is 37.8 cm³/mol. The smallest absolute Gasteiger partial charge is 0.312 e. The zero-order valence-corrected chi connectivity index (χ0v) is 6.54. The van der Waals surface area contributed by atoms with Crippen molar-refractivity contribution in [1.82, 2.24) is 0 Å². The van der Waals surface area contributed by atoms with Crippen molar-refractivity contribution >= 4 is 5.97 Å². The van der Waals surface area contributed by atoms with Gasteiger partial charge in [-0.1, -0.05) is 0 Å². The van der Waals surface area contributed by atoms with Crippen molar-refractivity contribution in [3.8, 4) is 0 Å². The van der Waals surface area contributed by atoms with Crippen LogP contribution < -0.4 is 0 Å². The van der Waals surface area contributed by atoms with Crippen molar-refractivity contribution in [3.05, 3.63) is 0 Å². The molecule has 0 aliphatic heterocycles. The van der Waals surface area contributed by atoms with Gasteiger partial charge in [0.25, 0.3) is 0 Å². The van der Waals surface area contributed by atoms with Crippen LogP contribution in [0.2, 0.25) is 0 Å². The summed E-state index contributed by atoms with van der Waals surface area (Å²) >= 11 is 0. The molecule has 2 rings (SSSR count). The molecule has 2 fully saturated rings. The normalized spacial score (nSPS) is 46.7. The summed E-state index contributed by atoms with van der Waals surface area (Å²) in [6.07, 6.45) is 2.15. The molecule has 0 spiro atoms. The Morgan fingerprint density at radius 2 is 2.45 bits per heavy atom. The second kappa shape index (κ2) is 1.97. The number of aliphatic hydroxyl groups is 1. The first-order valence-electron chi connectivity index (χ1n) is 3.97. The van der Waals surface area contributed by atoms with E-state index in [4.69, 9.17) is 0 Å². The summed E-state index contributed by atoms with van der Waals surface area (Å²) in [5, 5.41) is 9.34. The van der Waals surface area contributed by atoms with Gasteiger partial charge in [-0.25, -0.2) is 0 Å². The van der Waals surface area contributed by atoms with Gasteiger partial charge in [0.1, 0.15) is 0 Å². The first-order chi connectivity index (χ1) is 5.20. The van der Waals surface area contributed by atoms with Crippen LogP contribution in [-0.4, -0.2) is 24.3 Å². The van der Waals surface area contributed by atoms with Gasteiger partial charge in [0.15, 0.2) is 0 Å². The van der Waals surface area contributed by atoms with E-state index in [9.17, 15) is 9.90 Å². The van der Waals surface area contributed by atoms with E-state index < -0.39 is 0 Å². The Hall–Kier alpha value is -0.570. The van der Waals surface area contributed by atoms with Gasteiger partial charge >= 0.3 is 5.97 Å². The Morgan fingerprint density at radius 1 is 1.73 bits per heavy atom. The molecule has 11 heavy (non-hydrogen) atoms. The number of hydrogen-bond donors (Lipinski definition) is 1. The summed E-state index contributed by atoms with van der Waals surface area (Å²) in [6, 6.07) is 0. The molecule has 3 heteroatoms. The lowest BCUT2D eigenvalue weighted by atomic mass is 10.1. The molecular formula is C8H12O3. The fourth-order valence-electron chi connectivity index (χ4n) is 2.27. The zero-order chi connectivity index (χ0) is 8.06. The number of aliphatic hydroxyl groups excluding tert-OH is 1. The van der Waals surface area contributed by atoms with Crippen LogP contribution >= 0.6 is 0 Å². The first kappa shape index (κ1) is 7.10. The number of carbonyl (C=O) groups is 1. The molecule has 0 aromatic rings. The van der Waals surface area contributed by atoms with Crippen LogP contribution in [0.4, 0.5) is 0 Å². The maximum atomic E-state index is 11.2. The topological polar surface area (TPSA) is 46.5 Å². The van der Waals surface area contributed by atoms with Crippen molar-refractivity contribution in [2.75, 3.05) is 7.11 Å². The highest BCUT2D eigenvalue weighted by molar-refractivity contribution is 5.81. The van der Waals surface area contributed by atoms with Crippen LogP contribution in [0.3, 0.4) is 0 Å². The summed E-state index contributed by atoms with van der Waals surface area (Å²) < 4.78 is 4.68. The van der Waals surface area contributed by atoms with Crippen molar-refractivity contribution in [1.29, 1.82) is 0 Å². The molecule has 2 aliphatic carbocycles. The molecule has 3 nitrogen and oxygen atoms in total. The number of fused-ring (bicyclic) bond motifs is 1. The molecule has 0 bridgehead atoms. The molecule has 0 radical (unpaired) electrons. The molecule has 62 valence electrons. The summed E-state index contributed by atoms with van der Waals surface area (Å²) in [7, 11) is 1.41. The fraction of sp³-hybridized carbons (Fsp3) is 0.875. The van der Waals surface area contributed by atoms with Crippen LogP contribution in [-0.2, 0) is 9.53 Å². The maximum absolute atomic E-state index is 11.2. The standard InChI is InChI=1S/C8H12O3/c1-11-7(10)8-3-2-6(9)5(8)4-8/h5-6,9H,2-4H2,1H3. The van der Waals surface area contributed by atoms with Crippen LogP contribution in [0.1, 0.15) is 19.3 Å². The number of esters is 1. The number of hydrogen-bond acceptors (Lipinski definition) is 3. The van der Waals surface area contributed by atoms with Gasteiger partial charge in [0.2, 0.25) is 0 Å². The molecule has 2 aliphatic rings. The zero-order valence-electron chi connectivity index (χ0n) is 6.54. The van der Waals surface area contributed by atoms with Gasteiger partial charge in [-0.15, -0.1) is 0 Å². The molecule has 0 aromatic heterocycles. The third-order valence-corrected chi connectivity index (χ3v) is 3.08. The quantitative estimate of drug-likeness (QED) is 0.556. The van der Waals surface area contributed by atoms with E-state index in [1.807, 2.05) is 0 Å². The third-order valence-electron chi connectivity index (χ3n) is 3.08. The van der Waals surface area contributed by atoms with Crippen LogP contribution in [0.5, 0.6) is 0 Å². The molecule has 0 saturated heterocycles. The van der Waals surface area contributed by atoms with E-state index in [1.54, 1.807) is 0 Å². The minimum absolute atomic E-state index is 0.126. The largest absolute Gasteiger partial charge is 0.469 e. The lowest BCUT2D eigenvalue weighted by Gasteiger charge is -2.06. The number of ether oxygens (including phenoxy) is 1. The average molecular weight is 156 g/mol. The molecule has 1 N–H and O–H groups in total. The van der Waals surface area contributed by atoms with Crippen molar-refractivity contribution in [3.63, 3.8) is 0 Å². The second-order valence-electron chi connectivity index (χ2n) is 3.56.